The molecule has 6 nitrogen and oxygen atoms in total. The van der Waals surface area contributed by atoms with Gasteiger partial charge in [-0.3, -0.25) is 4.79 Å². The van der Waals surface area contributed by atoms with Gasteiger partial charge in [-0.2, -0.15) is 4.99 Å². The fourth-order valence-electron chi connectivity index (χ4n) is 2.65. The number of rotatable bonds is 4. The number of nitrogens with one attached hydrogen (secondary N) is 1. The van der Waals surface area contributed by atoms with E-state index in [-0.39, 0.29) is 17.4 Å². The normalized spacial score (nSPS) is 14.4. The number of nitrogens with two attached hydrogens (primary N) is 1. The zero-order chi connectivity index (χ0) is 19.4. The van der Waals surface area contributed by atoms with E-state index in [0.717, 1.165) is 30.6 Å². The Bertz CT molecular complexity index is 926. The van der Waals surface area contributed by atoms with Crippen LogP contribution in [0.4, 0.5) is 15.8 Å². The largest absolute Gasteiger partial charge is 0.431 e. The predicted octanol–water partition coefficient (Wildman–Crippen LogP) is 4.55. The Balaban J connectivity index is 1.75. The summed E-state index contributed by atoms with van der Waals surface area (Å²) in [6, 6.07) is 6.88. The summed E-state index contributed by atoms with van der Waals surface area (Å²) >= 11 is 5.76. The molecule has 1 amide bonds. The summed E-state index contributed by atoms with van der Waals surface area (Å²) in [6.45, 7) is 1.97. The van der Waals surface area contributed by atoms with Gasteiger partial charge in [0.15, 0.2) is 0 Å². The van der Waals surface area contributed by atoms with Gasteiger partial charge >= 0.3 is 0 Å². The molecule has 0 saturated carbocycles. The molecule has 1 aliphatic rings. The molecule has 27 heavy (non-hydrogen) atoms. The second-order valence-electron chi connectivity index (χ2n) is 6.09. The number of carbonyl (C=O) groups excluding carboxylic acids is 1. The number of pyridine rings is 1. The Morgan fingerprint density at radius 2 is 2.15 bits per heavy atom. The van der Waals surface area contributed by atoms with Gasteiger partial charge in [0.05, 0.1) is 5.02 Å². The molecule has 0 spiro atoms. The van der Waals surface area contributed by atoms with Crippen molar-refractivity contribution < 1.29 is 13.9 Å². The minimum absolute atomic E-state index is 0.0365. The average Bonchev–Trinajstić information content (AvgIpc) is 3.03. The third kappa shape index (κ3) is 4.83. The van der Waals surface area contributed by atoms with Crippen molar-refractivity contribution in [1.82, 2.24) is 4.98 Å². The van der Waals surface area contributed by atoms with Gasteiger partial charge in [0.2, 0.25) is 0 Å². The first-order valence-electron chi connectivity index (χ1n) is 8.35. The molecule has 3 N–H and O–H groups in total. The average molecular weight is 389 g/mol. The van der Waals surface area contributed by atoms with Crippen molar-refractivity contribution in [3.63, 3.8) is 0 Å². The fourth-order valence-corrected chi connectivity index (χ4v) is 2.77. The molecule has 8 heteroatoms. The first kappa shape index (κ1) is 18.8. The molecule has 0 atom stereocenters. The van der Waals surface area contributed by atoms with Gasteiger partial charge in [0, 0.05) is 18.3 Å². The van der Waals surface area contributed by atoms with E-state index in [0.29, 0.717) is 10.7 Å². The van der Waals surface area contributed by atoms with Gasteiger partial charge in [-0.15, -0.1) is 0 Å². The van der Waals surface area contributed by atoms with Crippen molar-refractivity contribution >= 4 is 34.9 Å². The Labute approximate surface area is 160 Å². The lowest BCUT2D eigenvalue weighted by molar-refractivity contribution is 0.102. The van der Waals surface area contributed by atoms with Crippen LogP contribution >= 0.6 is 11.6 Å². The molecule has 1 aliphatic carbocycles. The van der Waals surface area contributed by atoms with Crippen molar-refractivity contribution in [2.45, 2.75) is 26.2 Å². The molecule has 1 aromatic carbocycles. The van der Waals surface area contributed by atoms with Crippen LogP contribution in [0, 0.1) is 5.82 Å². The molecule has 0 saturated heterocycles. The molecule has 0 radical (unpaired) electrons. The summed E-state index contributed by atoms with van der Waals surface area (Å²) in [4.78, 5) is 20.1. The Kier molecular flexibility index (Phi) is 5.71. The summed E-state index contributed by atoms with van der Waals surface area (Å²) in [5.41, 5.74) is 7.40. The van der Waals surface area contributed by atoms with E-state index >= 15 is 0 Å². The smallest absolute Gasteiger partial charge is 0.292 e. The highest BCUT2D eigenvalue weighted by atomic mass is 35.5. The van der Waals surface area contributed by atoms with E-state index in [4.69, 9.17) is 22.1 Å². The third-order valence-corrected chi connectivity index (χ3v) is 4.28. The third-order valence-electron chi connectivity index (χ3n) is 4.05. The van der Waals surface area contributed by atoms with Crippen molar-refractivity contribution in [3.05, 3.63) is 64.4 Å². The van der Waals surface area contributed by atoms with Crippen LogP contribution in [0.25, 0.3) is 0 Å². The lowest BCUT2D eigenvalue weighted by Gasteiger charge is -2.08. The number of ether oxygens (including phenoxy) is 1. The highest BCUT2D eigenvalue weighted by Gasteiger charge is 2.14. The zero-order valence-corrected chi connectivity index (χ0v) is 15.4. The predicted molar refractivity (Wildman–Crippen MR) is 103 cm³/mol. The molecule has 0 unspecified atom stereocenters. The van der Waals surface area contributed by atoms with E-state index in [1.807, 2.05) is 6.92 Å². The van der Waals surface area contributed by atoms with Gasteiger partial charge in [-0.05, 0) is 55.7 Å². The summed E-state index contributed by atoms with van der Waals surface area (Å²) in [5, 5.41) is 3.05. The van der Waals surface area contributed by atoms with Crippen molar-refractivity contribution in [1.29, 1.82) is 0 Å². The van der Waals surface area contributed by atoms with Crippen molar-refractivity contribution in [3.8, 4) is 0 Å². The number of anilines is 1. The number of amidine groups is 1. The standard InChI is InChI=1S/C19H18ClFN4O2/c1-11-3-2-4-17(11)27-19(22)25-16-9-13(6-7-14(16)21)24-18(26)15-8-5-12(20)10-23-15/h5-10H,2-4H2,1H3,(H2,22,25)(H,24,26). The summed E-state index contributed by atoms with van der Waals surface area (Å²) in [7, 11) is 0. The molecule has 140 valence electrons. The number of amides is 1. The number of nitrogens with zero attached hydrogens (tertiary/aromatic N) is 2. The first-order valence-corrected chi connectivity index (χ1v) is 8.73. The topological polar surface area (TPSA) is 89.6 Å². The maximum Gasteiger partial charge on any atom is 0.292 e. The number of halogens is 2. The van der Waals surface area contributed by atoms with Gasteiger partial charge in [-0.1, -0.05) is 11.6 Å². The summed E-state index contributed by atoms with van der Waals surface area (Å²) in [5.74, 6) is -0.264. The molecular weight excluding hydrogens is 371 g/mol. The molecule has 1 aromatic heterocycles. The number of benzene rings is 1. The van der Waals surface area contributed by atoms with Gasteiger partial charge in [-0.25, -0.2) is 9.37 Å². The molecule has 3 rings (SSSR count). The Morgan fingerprint density at radius 3 is 2.81 bits per heavy atom. The first-order chi connectivity index (χ1) is 12.9. The zero-order valence-electron chi connectivity index (χ0n) is 14.6. The van der Waals surface area contributed by atoms with E-state index in [1.165, 1.54) is 30.5 Å². The van der Waals surface area contributed by atoms with Gasteiger partial charge < -0.3 is 15.8 Å². The van der Waals surface area contributed by atoms with Crippen LogP contribution < -0.4 is 11.1 Å². The number of carbonyl (C=O) groups is 1. The van der Waals surface area contributed by atoms with Crippen molar-refractivity contribution in [2.24, 2.45) is 10.7 Å². The molecule has 2 aromatic rings. The molecule has 0 fully saturated rings. The monoisotopic (exact) mass is 388 g/mol. The molecular formula is C19H18ClFN4O2. The SMILES string of the molecule is CC1=C(O/C(N)=N\c2cc(NC(=O)c3ccc(Cl)cn3)ccc2F)CCC1. The van der Waals surface area contributed by atoms with Crippen LogP contribution in [0.1, 0.15) is 36.7 Å². The lowest BCUT2D eigenvalue weighted by Crippen LogP contribution is -2.16. The minimum atomic E-state index is -0.582. The van der Waals surface area contributed by atoms with Crippen LogP contribution in [0.3, 0.4) is 0 Å². The maximum absolute atomic E-state index is 14.1. The number of aliphatic imine (C=N–C) groups is 1. The Hall–Kier alpha value is -2.93. The highest BCUT2D eigenvalue weighted by Crippen LogP contribution is 2.27. The fraction of sp³-hybridized carbons (Fsp3) is 0.211. The van der Waals surface area contributed by atoms with Crippen LogP contribution in [-0.2, 0) is 4.74 Å². The summed E-state index contributed by atoms with van der Waals surface area (Å²) in [6.07, 6.45) is 4.11. The van der Waals surface area contributed by atoms with E-state index in [1.54, 1.807) is 6.07 Å². The van der Waals surface area contributed by atoms with E-state index in [2.05, 4.69) is 15.3 Å². The van der Waals surface area contributed by atoms with Crippen LogP contribution in [0.5, 0.6) is 0 Å². The number of aromatic nitrogens is 1. The highest BCUT2D eigenvalue weighted by molar-refractivity contribution is 6.30. The maximum atomic E-state index is 14.1. The number of allylic oxidation sites excluding steroid dienone is 2. The van der Waals surface area contributed by atoms with E-state index in [9.17, 15) is 9.18 Å². The number of hydrogen-bond acceptors (Lipinski definition) is 4. The lowest BCUT2D eigenvalue weighted by atomic mass is 10.2. The number of hydrogen-bond donors (Lipinski definition) is 2. The molecule has 0 bridgehead atoms. The second-order valence-corrected chi connectivity index (χ2v) is 6.53. The second kappa shape index (κ2) is 8.18. The molecule has 1 heterocycles. The van der Waals surface area contributed by atoms with Gasteiger partial charge in [0.25, 0.3) is 11.9 Å². The minimum Gasteiger partial charge on any atom is -0.431 e. The van der Waals surface area contributed by atoms with Gasteiger partial charge in [0.1, 0.15) is 23.0 Å². The van der Waals surface area contributed by atoms with Crippen molar-refractivity contribution in [2.75, 3.05) is 5.32 Å². The molecule has 0 aliphatic heterocycles. The quantitative estimate of drug-likeness (QED) is 0.594. The van der Waals surface area contributed by atoms with Crippen LogP contribution in [0.15, 0.2) is 52.9 Å². The Morgan fingerprint density at radius 1 is 1.33 bits per heavy atom. The summed E-state index contributed by atoms with van der Waals surface area (Å²) < 4.78 is 19.6. The van der Waals surface area contributed by atoms with E-state index < -0.39 is 11.7 Å². The van der Waals surface area contributed by atoms with Crippen LogP contribution in [-0.4, -0.2) is 16.9 Å². The van der Waals surface area contributed by atoms with Crippen LogP contribution in [0.2, 0.25) is 5.02 Å².